The summed E-state index contributed by atoms with van der Waals surface area (Å²) in [6.07, 6.45) is 6.43. The van der Waals surface area contributed by atoms with Crippen LogP contribution in [0.25, 0.3) is 0 Å². The summed E-state index contributed by atoms with van der Waals surface area (Å²) in [5.74, 6) is 1.37. The third kappa shape index (κ3) is 4.06. The van der Waals surface area contributed by atoms with E-state index in [0.29, 0.717) is 31.5 Å². The van der Waals surface area contributed by atoms with Gasteiger partial charge in [-0.3, -0.25) is 4.79 Å². The highest BCUT2D eigenvalue weighted by molar-refractivity contribution is 5.76. The van der Waals surface area contributed by atoms with Crippen LogP contribution in [0.1, 0.15) is 45.0 Å². The molecule has 0 radical (unpaired) electrons. The van der Waals surface area contributed by atoms with E-state index in [9.17, 15) is 4.79 Å². The van der Waals surface area contributed by atoms with Crippen molar-refractivity contribution in [1.29, 1.82) is 0 Å². The van der Waals surface area contributed by atoms with Crippen molar-refractivity contribution in [2.45, 2.75) is 45.7 Å². The zero-order valence-corrected chi connectivity index (χ0v) is 11.8. The number of hydrogen-bond donors (Lipinski definition) is 1. The van der Waals surface area contributed by atoms with Gasteiger partial charge >= 0.3 is 0 Å². The van der Waals surface area contributed by atoms with E-state index in [1.165, 1.54) is 0 Å². The van der Waals surface area contributed by atoms with Crippen LogP contribution < -0.4 is 5.32 Å². The topological polar surface area (TPSA) is 56.2 Å². The number of ether oxygens (including phenoxy) is 1. The Bertz CT molecular complexity index is 409. The SMILES string of the molecule is CC(C)n1ccnc1CNC(=O)C[C@@H]1CCCOC1. The molecule has 2 heterocycles. The number of aromatic nitrogens is 2. The van der Waals surface area contributed by atoms with Gasteiger partial charge in [0, 0.05) is 38.1 Å². The van der Waals surface area contributed by atoms with Crippen LogP contribution in [-0.2, 0) is 16.1 Å². The first-order chi connectivity index (χ1) is 9.16. The normalized spacial score (nSPS) is 19.6. The lowest BCUT2D eigenvalue weighted by molar-refractivity contribution is -0.123. The van der Waals surface area contributed by atoms with Crippen LogP contribution in [0.4, 0.5) is 0 Å². The lowest BCUT2D eigenvalue weighted by atomic mass is 9.98. The summed E-state index contributed by atoms with van der Waals surface area (Å²) in [5.41, 5.74) is 0. The van der Waals surface area contributed by atoms with Crippen molar-refractivity contribution in [2.75, 3.05) is 13.2 Å². The van der Waals surface area contributed by atoms with E-state index in [2.05, 4.69) is 28.7 Å². The van der Waals surface area contributed by atoms with Crippen molar-refractivity contribution < 1.29 is 9.53 Å². The smallest absolute Gasteiger partial charge is 0.220 e. The van der Waals surface area contributed by atoms with E-state index in [4.69, 9.17) is 4.74 Å². The first kappa shape index (κ1) is 14.1. The van der Waals surface area contributed by atoms with Crippen molar-refractivity contribution in [3.8, 4) is 0 Å². The molecule has 1 N–H and O–H groups in total. The third-order valence-electron chi connectivity index (χ3n) is 3.48. The van der Waals surface area contributed by atoms with Gasteiger partial charge in [0.2, 0.25) is 5.91 Å². The Morgan fingerprint density at radius 2 is 2.47 bits per heavy atom. The van der Waals surface area contributed by atoms with Crippen molar-refractivity contribution in [2.24, 2.45) is 5.92 Å². The summed E-state index contributed by atoms with van der Waals surface area (Å²) in [6, 6.07) is 0.362. The Morgan fingerprint density at radius 1 is 1.63 bits per heavy atom. The molecule has 1 amide bonds. The molecule has 0 aliphatic carbocycles. The second-order valence-corrected chi connectivity index (χ2v) is 5.41. The molecule has 1 atom stereocenters. The van der Waals surface area contributed by atoms with Crippen LogP contribution in [0.5, 0.6) is 0 Å². The Morgan fingerprint density at radius 3 is 3.16 bits per heavy atom. The van der Waals surface area contributed by atoms with Crippen molar-refractivity contribution >= 4 is 5.91 Å². The van der Waals surface area contributed by atoms with Crippen molar-refractivity contribution in [3.63, 3.8) is 0 Å². The standard InChI is InChI=1S/C14H23N3O2/c1-11(2)17-6-5-15-13(17)9-16-14(18)8-12-4-3-7-19-10-12/h5-6,11-12H,3-4,7-10H2,1-2H3,(H,16,18)/t12-/m0/s1. The maximum atomic E-state index is 11.9. The maximum absolute atomic E-state index is 11.9. The molecule has 0 unspecified atom stereocenters. The minimum Gasteiger partial charge on any atom is -0.381 e. The first-order valence-corrected chi connectivity index (χ1v) is 7.03. The Hall–Kier alpha value is -1.36. The van der Waals surface area contributed by atoms with E-state index in [-0.39, 0.29) is 5.91 Å². The fraction of sp³-hybridized carbons (Fsp3) is 0.714. The zero-order chi connectivity index (χ0) is 13.7. The summed E-state index contributed by atoms with van der Waals surface area (Å²) in [6.45, 7) is 6.26. The molecule has 19 heavy (non-hydrogen) atoms. The van der Waals surface area contributed by atoms with Gasteiger partial charge in [-0.25, -0.2) is 4.98 Å². The summed E-state index contributed by atoms with van der Waals surface area (Å²) in [5, 5.41) is 2.95. The molecule has 0 saturated carbocycles. The van der Waals surface area contributed by atoms with E-state index >= 15 is 0 Å². The lowest BCUT2D eigenvalue weighted by Gasteiger charge is -2.21. The fourth-order valence-electron chi connectivity index (χ4n) is 2.43. The maximum Gasteiger partial charge on any atom is 0.220 e. The summed E-state index contributed by atoms with van der Waals surface area (Å²) < 4.78 is 7.46. The number of carbonyl (C=O) groups excluding carboxylic acids is 1. The molecule has 106 valence electrons. The number of carbonyl (C=O) groups is 1. The fourth-order valence-corrected chi connectivity index (χ4v) is 2.43. The van der Waals surface area contributed by atoms with Crippen LogP contribution >= 0.6 is 0 Å². The molecule has 2 rings (SSSR count). The van der Waals surface area contributed by atoms with Crippen molar-refractivity contribution in [3.05, 3.63) is 18.2 Å². The van der Waals surface area contributed by atoms with Crippen molar-refractivity contribution in [1.82, 2.24) is 14.9 Å². The van der Waals surface area contributed by atoms with Crippen LogP contribution in [0.2, 0.25) is 0 Å². The predicted molar refractivity (Wildman–Crippen MR) is 72.6 cm³/mol. The van der Waals surface area contributed by atoms with Gasteiger partial charge in [0.15, 0.2) is 0 Å². The quantitative estimate of drug-likeness (QED) is 0.884. The molecular weight excluding hydrogens is 242 g/mol. The van der Waals surface area contributed by atoms with Gasteiger partial charge in [-0.1, -0.05) is 0 Å². The zero-order valence-electron chi connectivity index (χ0n) is 11.8. The number of imidazole rings is 1. The molecule has 5 nitrogen and oxygen atoms in total. The van der Waals surface area contributed by atoms with Gasteiger partial charge in [0.05, 0.1) is 6.54 Å². The number of rotatable bonds is 5. The van der Waals surface area contributed by atoms with Gasteiger partial charge < -0.3 is 14.6 Å². The van der Waals surface area contributed by atoms with Crippen LogP contribution in [-0.4, -0.2) is 28.7 Å². The summed E-state index contributed by atoms with van der Waals surface area (Å²) in [7, 11) is 0. The molecule has 0 bridgehead atoms. The second kappa shape index (κ2) is 6.70. The molecule has 1 aromatic rings. The van der Waals surface area contributed by atoms with Crippen LogP contribution in [0, 0.1) is 5.92 Å². The minimum atomic E-state index is 0.0915. The Kier molecular flexibility index (Phi) is 4.96. The number of nitrogens with one attached hydrogen (secondary N) is 1. The van der Waals surface area contributed by atoms with E-state index in [1.807, 2.05) is 6.20 Å². The van der Waals surface area contributed by atoms with E-state index in [0.717, 1.165) is 25.3 Å². The van der Waals surface area contributed by atoms with Crippen LogP contribution in [0.15, 0.2) is 12.4 Å². The van der Waals surface area contributed by atoms with Gasteiger partial charge in [0.25, 0.3) is 0 Å². The Labute approximate surface area is 114 Å². The summed E-state index contributed by atoms with van der Waals surface area (Å²) >= 11 is 0. The van der Waals surface area contributed by atoms with Gasteiger partial charge in [0.1, 0.15) is 5.82 Å². The van der Waals surface area contributed by atoms with Crippen LogP contribution in [0.3, 0.4) is 0 Å². The highest BCUT2D eigenvalue weighted by Gasteiger charge is 2.17. The Balaban J connectivity index is 1.78. The minimum absolute atomic E-state index is 0.0915. The molecular formula is C14H23N3O2. The molecule has 0 spiro atoms. The van der Waals surface area contributed by atoms with Gasteiger partial charge in [-0.15, -0.1) is 0 Å². The molecule has 1 aliphatic heterocycles. The number of nitrogens with zero attached hydrogens (tertiary/aromatic N) is 2. The molecule has 1 aromatic heterocycles. The highest BCUT2D eigenvalue weighted by Crippen LogP contribution is 2.17. The first-order valence-electron chi connectivity index (χ1n) is 7.03. The summed E-state index contributed by atoms with van der Waals surface area (Å²) in [4.78, 5) is 16.2. The highest BCUT2D eigenvalue weighted by atomic mass is 16.5. The molecule has 1 fully saturated rings. The molecule has 5 heteroatoms. The lowest BCUT2D eigenvalue weighted by Crippen LogP contribution is -2.29. The second-order valence-electron chi connectivity index (χ2n) is 5.41. The third-order valence-corrected chi connectivity index (χ3v) is 3.48. The number of amides is 1. The monoisotopic (exact) mass is 265 g/mol. The molecule has 1 saturated heterocycles. The van der Waals surface area contributed by atoms with E-state index in [1.54, 1.807) is 6.20 Å². The molecule has 0 aromatic carbocycles. The largest absolute Gasteiger partial charge is 0.381 e. The number of hydrogen-bond acceptors (Lipinski definition) is 3. The predicted octanol–water partition coefficient (Wildman–Crippen LogP) is 1.90. The average molecular weight is 265 g/mol. The van der Waals surface area contributed by atoms with Gasteiger partial charge in [-0.2, -0.15) is 0 Å². The van der Waals surface area contributed by atoms with Gasteiger partial charge in [-0.05, 0) is 32.6 Å². The van der Waals surface area contributed by atoms with E-state index < -0.39 is 0 Å². The average Bonchev–Trinajstić information content (AvgIpc) is 2.86. The molecule has 1 aliphatic rings.